The van der Waals surface area contributed by atoms with Gasteiger partial charge in [0.15, 0.2) is 6.29 Å². The zero-order valence-corrected chi connectivity index (χ0v) is 24.6. The van der Waals surface area contributed by atoms with Crippen molar-refractivity contribution in [3.8, 4) is 17.2 Å². The van der Waals surface area contributed by atoms with Gasteiger partial charge >= 0.3 is 6.09 Å². The second kappa shape index (κ2) is 13.7. The van der Waals surface area contributed by atoms with Gasteiger partial charge < -0.3 is 28.8 Å². The van der Waals surface area contributed by atoms with E-state index in [2.05, 4.69) is 46.4 Å². The number of carbonyl (C=O) groups excluding carboxylic acids is 1. The molecule has 8 heteroatoms. The molecular weight excluding hydrogens is 506 g/mol. The molecule has 3 aromatic rings. The van der Waals surface area contributed by atoms with Crippen molar-refractivity contribution in [1.29, 1.82) is 0 Å². The minimum absolute atomic E-state index is 0.218. The largest absolute Gasteiger partial charge is 0.493 e. The van der Waals surface area contributed by atoms with Crippen LogP contribution in [0.25, 0.3) is 10.9 Å². The number of aromatic nitrogens is 1. The lowest BCUT2D eigenvalue weighted by molar-refractivity contribution is -0.109. The molecule has 4 rings (SSSR count). The Morgan fingerprint density at radius 3 is 2.80 bits per heavy atom. The van der Waals surface area contributed by atoms with Crippen LogP contribution in [0.4, 0.5) is 4.79 Å². The molecule has 2 aromatic carbocycles. The molecule has 1 aromatic heterocycles. The minimum atomic E-state index is -0.640. The Morgan fingerprint density at radius 2 is 2.05 bits per heavy atom. The number of allylic oxidation sites excluding steroid dienone is 2. The first kappa shape index (κ1) is 29.5. The fourth-order valence-corrected chi connectivity index (χ4v) is 5.20. The lowest BCUT2D eigenvalue weighted by Crippen LogP contribution is -2.39. The Bertz CT molecular complexity index is 1320. The van der Waals surface area contributed by atoms with E-state index in [4.69, 9.17) is 18.9 Å². The van der Waals surface area contributed by atoms with Gasteiger partial charge in [0.25, 0.3) is 0 Å². The van der Waals surface area contributed by atoms with Crippen molar-refractivity contribution in [2.45, 2.75) is 71.8 Å². The van der Waals surface area contributed by atoms with Crippen molar-refractivity contribution in [3.05, 3.63) is 65.4 Å². The third-order valence-corrected chi connectivity index (χ3v) is 6.97. The highest BCUT2D eigenvalue weighted by Gasteiger charge is 2.26. The van der Waals surface area contributed by atoms with Crippen molar-refractivity contribution in [2.24, 2.45) is 0 Å². The SMILES string of the molecule is C/C=C/C1CCOc2cc(CCC)cc(OC(C)OC(C)NC(=O)Oc3cccc4[nH]cc(CCN(C)C)c34)c21. The van der Waals surface area contributed by atoms with Gasteiger partial charge in [-0.05, 0) is 89.5 Å². The molecule has 0 aliphatic carbocycles. The van der Waals surface area contributed by atoms with Crippen LogP contribution in [0, 0.1) is 0 Å². The highest BCUT2D eigenvalue weighted by molar-refractivity contribution is 5.91. The average molecular weight is 550 g/mol. The summed E-state index contributed by atoms with van der Waals surface area (Å²) in [7, 11) is 4.08. The number of benzene rings is 2. The standard InChI is InChI=1S/C32H43N3O5/c1-7-10-23-18-28-31(24(11-8-2)15-17-37-28)29(19-23)39-22(4)38-21(3)34-32(36)40-27-13-9-12-26-30(27)25(20-33-26)14-16-35(5)6/h8-9,11-13,18-22,24,33H,7,10,14-17H2,1-6H3,(H,34,36)/b11-8+. The molecule has 0 saturated carbocycles. The number of hydrogen-bond acceptors (Lipinski definition) is 6. The van der Waals surface area contributed by atoms with Gasteiger partial charge in [0.1, 0.15) is 23.5 Å². The molecule has 2 N–H and O–H groups in total. The third kappa shape index (κ3) is 7.37. The van der Waals surface area contributed by atoms with Gasteiger partial charge in [0, 0.05) is 35.1 Å². The van der Waals surface area contributed by atoms with E-state index in [0.717, 1.165) is 65.8 Å². The number of rotatable bonds is 12. The maximum atomic E-state index is 12.8. The normalized spacial score (nSPS) is 16.5. The van der Waals surface area contributed by atoms with Crippen LogP contribution in [0.15, 0.2) is 48.7 Å². The molecule has 2 heterocycles. The maximum Gasteiger partial charge on any atom is 0.414 e. The second-order valence-electron chi connectivity index (χ2n) is 10.6. The summed E-state index contributed by atoms with van der Waals surface area (Å²) in [5, 5.41) is 3.69. The molecule has 0 fully saturated rings. The Balaban J connectivity index is 1.41. The van der Waals surface area contributed by atoms with E-state index in [1.54, 1.807) is 6.92 Å². The molecule has 0 spiro atoms. The van der Waals surface area contributed by atoms with E-state index in [1.807, 2.05) is 52.3 Å². The van der Waals surface area contributed by atoms with Crippen molar-refractivity contribution >= 4 is 17.0 Å². The van der Waals surface area contributed by atoms with Crippen molar-refractivity contribution < 1.29 is 23.7 Å². The zero-order valence-electron chi connectivity index (χ0n) is 24.6. The van der Waals surface area contributed by atoms with E-state index >= 15 is 0 Å². The average Bonchev–Trinajstić information content (AvgIpc) is 3.31. The molecule has 3 atom stereocenters. The Morgan fingerprint density at radius 1 is 1.23 bits per heavy atom. The van der Waals surface area contributed by atoms with E-state index in [1.165, 1.54) is 5.56 Å². The number of amides is 1. The number of nitrogens with one attached hydrogen (secondary N) is 2. The first-order chi connectivity index (χ1) is 19.3. The first-order valence-electron chi connectivity index (χ1n) is 14.3. The molecule has 0 radical (unpaired) electrons. The molecule has 1 aliphatic rings. The predicted molar refractivity (Wildman–Crippen MR) is 158 cm³/mol. The van der Waals surface area contributed by atoms with Crippen molar-refractivity contribution in [1.82, 2.24) is 15.2 Å². The van der Waals surface area contributed by atoms with Gasteiger partial charge in [-0.25, -0.2) is 4.79 Å². The maximum absolute atomic E-state index is 12.8. The van der Waals surface area contributed by atoms with E-state index in [9.17, 15) is 4.79 Å². The molecule has 1 amide bonds. The topological polar surface area (TPSA) is 85.0 Å². The monoisotopic (exact) mass is 549 g/mol. The lowest BCUT2D eigenvalue weighted by atomic mass is 9.90. The summed E-state index contributed by atoms with van der Waals surface area (Å²) < 4.78 is 24.1. The summed E-state index contributed by atoms with van der Waals surface area (Å²) in [6.07, 6.45) is 8.09. The van der Waals surface area contributed by atoms with Gasteiger partial charge in [0.2, 0.25) is 0 Å². The van der Waals surface area contributed by atoms with Gasteiger partial charge in [-0.2, -0.15) is 0 Å². The molecular formula is C32H43N3O5. The summed E-state index contributed by atoms with van der Waals surface area (Å²) in [5.74, 6) is 2.36. The molecule has 216 valence electrons. The van der Waals surface area contributed by atoms with E-state index in [-0.39, 0.29) is 5.92 Å². The summed E-state index contributed by atoms with van der Waals surface area (Å²) in [6.45, 7) is 9.34. The Kier molecular flexibility index (Phi) is 10.1. The molecule has 8 nitrogen and oxygen atoms in total. The van der Waals surface area contributed by atoms with Crippen LogP contribution < -0.4 is 19.5 Å². The van der Waals surface area contributed by atoms with Gasteiger partial charge in [-0.1, -0.05) is 31.6 Å². The number of nitrogens with zero attached hydrogens (tertiary/aromatic N) is 1. The molecule has 1 aliphatic heterocycles. The first-order valence-corrected chi connectivity index (χ1v) is 14.3. The van der Waals surface area contributed by atoms with E-state index in [0.29, 0.717) is 12.4 Å². The Hall–Kier alpha value is -3.49. The van der Waals surface area contributed by atoms with Crippen LogP contribution in [0.2, 0.25) is 0 Å². The van der Waals surface area contributed by atoms with Gasteiger partial charge in [-0.15, -0.1) is 0 Å². The number of fused-ring (bicyclic) bond motifs is 2. The number of hydrogen-bond donors (Lipinski definition) is 2. The van der Waals surface area contributed by atoms with E-state index < -0.39 is 18.6 Å². The van der Waals surface area contributed by atoms with Crippen molar-refractivity contribution in [2.75, 3.05) is 27.2 Å². The van der Waals surface area contributed by atoms with Gasteiger partial charge in [-0.3, -0.25) is 5.32 Å². The number of likely N-dealkylation sites (N-methyl/N-ethyl adjacent to an activating group) is 1. The van der Waals surface area contributed by atoms with Crippen LogP contribution in [0.5, 0.6) is 17.2 Å². The zero-order chi connectivity index (χ0) is 28.6. The van der Waals surface area contributed by atoms with Crippen LogP contribution in [-0.4, -0.2) is 55.7 Å². The summed E-state index contributed by atoms with van der Waals surface area (Å²) in [4.78, 5) is 18.2. The summed E-state index contributed by atoms with van der Waals surface area (Å²) in [5.41, 5.74) is 4.25. The Labute approximate surface area is 237 Å². The number of H-pyrrole nitrogens is 1. The number of aromatic amines is 1. The lowest BCUT2D eigenvalue weighted by Gasteiger charge is -2.29. The molecule has 0 bridgehead atoms. The summed E-state index contributed by atoms with van der Waals surface area (Å²) >= 11 is 0. The van der Waals surface area contributed by atoms with Gasteiger partial charge in [0.05, 0.1) is 6.61 Å². The minimum Gasteiger partial charge on any atom is -0.493 e. The third-order valence-electron chi connectivity index (χ3n) is 6.97. The van der Waals surface area contributed by atoms with Crippen LogP contribution in [0.3, 0.4) is 0 Å². The smallest absolute Gasteiger partial charge is 0.414 e. The molecule has 40 heavy (non-hydrogen) atoms. The van der Waals surface area contributed by atoms with Crippen LogP contribution in [0.1, 0.15) is 63.1 Å². The highest BCUT2D eigenvalue weighted by Crippen LogP contribution is 2.42. The number of carbonyl (C=O) groups is 1. The van der Waals surface area contributed by atoms with Crippen LogP contribution in [-0.2, 0) is 17.6 Å². The number of aryl methyl sites for hydroxylation is 1. The second-order valence-corrected chi connectivity index (χ2v) is 10.6. The quantitative estimate of drug-likeness (QED) is 0.197. The molecule has 0 saturated heterocycles. The predicted octanol–water partition coefficient (Wildman–Crippen LogP) is 6.54. The number of ether oxygens (including phenoxy) is 4. The fourth-order valence-electron chi connectivity index (χ4n) is 5.20. The van der Waals surface area contributed by atoms with Crippen molar-refractivity contribution in [3.63, 3.8) is 0 Å². The summed E-state index contributed by atoms with van der Waals surface area (Å²) in [6, 6.07) is 9.87. The fraction of sp³-hybridized carbons (Fsp3) is 0.469. The molecule has 3 unspecified atom stereocenters. The highest BCUT2D eigenvalue weighted by atomic mass is 16.7. The van der Waals surface area contributed by atoms with Crippen LogP contribution >= 0.6 is 0 Å².